The summed E-state index contributed by atoms with van der Waals surface area (Å²) >= 11 is 0. The zero-order valence-corrected chi connectivity index (χ0v) is 30.9. The fourth-order valence-electron chi connectivity index (χ4n) is 8.86. The number of rotatable bonds is 6. The number of nitrogens with zero attached hydrogens (tertiary/aromatic N) is 2. The Balaban J connectivity index is 1.01. The van der Waals surface area contributed by atoms with Gasteiger partial charge >= 0.3 is 0 Å². The summed E-state index contributed by atoms with van der Waals surface area (Å²) in [5, 5.41) is 7.44. The normalized spacial score (nSPS) is 13.0. The van der Waals surface area contributed by atoms with E-state index in [0.29, 0.717) is 23.0 Å². The highest BCUT2D eigenvalue weighted by molar-refractivity contribution is 6.14. The van der Waals surface area contributed by atoms with Crippen molar-refractivity contribution in [2.24, 2.45) is 0 Å². The van der Waals surface area contributed by atoms with E-state index in [-0.39, 0.29) is 0 Å². The van der Waals surface area contributed by atoms with E-state index in [2.05, 4.69) is 180 Å². The lowest BCUT2D eigenvalue weighted by Gasteiger charge is -2.31. The molecule has 0 radical (unpaired) electrons. The van der Waals surface area contributed by atoms with Crippen molar-refractivity contribution in [2.45, 2.75) is 25.7 Å². The van der Waals surface area contributed by atoms with Gasteiger partial charge in [0.2, 0.25) is 0 Å². The predicted octanol–water partition coefficient (Wildman–Crippen LogP) is 14.9. The van der Waals surface area contributed by atoms with Crippen LogP contribution in [0.3, 0.4) is 0 Å². The first-order valence-corrected chi connectivity index (χ1v) is 19.5. The van der Waals surface area contributed by atoms with Gasteiger partial charge in [-0.1, -0.05) is 109 Å². The van der Waals surface area contributed by atoms with Gasteiger partial charge in [0.25, 0.3) is 0 Å². The maximum absolute atomic E-state index is 6.72. The van der Waals surface area contributed by atoms with Crippen molar-refractivity contribution < 1.29 is 9.47 Å². The molecule has 9 aromatic carbocycles. The maximum Gasteiger partial charge on any atom is 0.172 e. The molecule has 0 spiro atoms. The van der Waals surface area contributed by atoms with Crippen molar-refractivity contribution in [1.82, 2.24) is 0 Å². The number of hydrogen-bond acceptors (Lipinski definition) is 4. The fourth-order valence-corrected chi connectivity index (χ4v) is 8.86. The van der Waals surface area contributed by atoms with E-state index in [4.69, 9.17) is 9.47 Å². The molecule has 0 fully saturated rings. The molecule has 1 aliphatic heterocycles. The molecule has 268 valence electrons. The minimum Gasteiger partial charge on any atom is -0.449 e. The lowest BCUT2D eigenvalue weighted by molar-refractivity contribution is 0.360. The first-order valence-electron chi connectivity index (χ1n) is 19.5. The van der Waals surface area contributed by atoms with E-state index in [9.17, 15) is 0 Å². The Kier molecular flexibility index (Phi) is 7.73. The van der Waals surface area contributed by atoms with Crippen molar-refractivity contribution in [3.8, 4) is 23.0 Å². The van der Waals surface area contributed by atoms with E-state index >= 15 is 0 Å². The summed E-state index contributed by atoms with van der Waals surface area (Å²) < 4.78 is 13.4. The van der Waals surface area contributed by atoms with Crippen LogP contribution in [0.1, 0.15) is 24.0 Å². The Hall–Kier alpha value is -7.04. The molecule has 0 bridgehead atoms. The average Bonchev–Trinajstić information content (AvgIpc) is 3.26. The third kappa shape index (κ3) is 5.45. The highest BCUT2D eigenvalue weighted by atomic mass is 16.6. The summed E-state index contributed by atoms with van der Waals surface area (Å²) in [6.45, 7) is 0. The van der Waals surface area contributed by atoms with Crippen molar-refractivity contribution in [2.75, 3.05) is 9.80 Å². The number of para-hydroxylation sites is 2. The molecule has 4 heteroatoms. The van der Waals surface area contributed by atoms with Crippen molar-refractivity contribution in [1.29, 1.82) is 0 Å². The second-order valence-corrected chi connectivity index (χ2v) is 14.8. The second kappa shape index (κ2) is 13.4. The summed E-state index contributed by atoms with van der Waals surface area (Å²) in [5.74, 6) is 2.73. The number of fused-ring (bicyclic) bond motifs is 8. The molecule has 9 aromatic rings. The Labute approximate surface area is 326 Å². The van der Waals surface area contributed by atoms with E-state index in [1.54, 1.807) is 0 Å². The smallest absolute Gasteiger partial charge is 0.172 e. The molecular weight excluding hydrogens is 685 g/mol. The molecule has 0 unspecified atom stereocenters. The highest BCUT2D eigenvalue weighted by Gasteiger charge is 2.26. The first-order chi connectivity index (χ1) is 27.8. The molecular formula is C52H38N2O2. The van der Waals surface area contributed by atoms with Gasteiger partial charge in [0.15, 0.2) is 23.0 Å². The molecule has 0 saturated carbocycles. The molecule has 56 heavy (non-hydrogen) atoms. The van der Waals surface area contributed by atoms with E-state index in [1.807, 2.05) is 12.1 Å². The highest BCUT2D eigenvalue weighted by Crippen LogP contribution is 2.52. The van der Waals surface area contributed by atoms with Crippen LogP contribution in [0.4, 0.5) is 34.1 Å². The van der Waals surface area contributed by atoms with Crippen LogP contribution in [0.5, 0.6) is 23.0 Å². The third-order valence-corrected chi connectivity index (χ3v) is 11.4. The number of anilines is 6. The molecule has 0 amide bonds. The van der Waals surface area contributed by atoms with Crippen LogP contribution in [0.2, 0.25) is 0 Å². The quantitative estimate of drug-likeness (QED) is 0.160. The topological polar surface area (TPSA) is 24.9 Å². The molecule has 4 nitrogen and oxygen atoms in total. The first kappa shape index (κ1) is 32.4. The van der Waals surface area contributed by atoms with Crippen LogP contribution >= 0.6 is 0 Å². The number of hydrogen-bond donors (Lipinski definition) is 0. The average molecular weight is 723 g/mol. The molecule has 0 aromatic heterocycles. The van der Waals surface area contributed by atoms with Crippen molar-refractivity contribution in [3.05, 3.63) is 193 Å². The van der Waals surface area contributed by atoms with Crippen LogP contribution in [-0.4, -0.2) is 0 Å². The van der Waals surface area contributed by atoms with Gasteiger partial charge < -0.3 is 19.3 Å². The van der Waals surface area contributed by atoms with E-state index < -0.39 is 0 Å². The van der Waals surface area contributed by atoms with E-state index in [0.717, 1.165) is 41.3 Å². The van der Waals surface area contributed by atoms with Gasteiger partial charge in [-0.2, -0.15) is 0 Å². The summed E-state index contributed by atoms with van der Waals surface area (Å²) in [5.41, 5.74) is 9.38. The van der Waals surface area contributed by atoms with Crippen LogP contribution in [-0.2, 0) is 12.8 Å². The van der Waals surface area contributed by atoms with Crippen LogP contribution < -0.4 is 19.3 Å². The van der Waals surface area contributed by atoms with Crippen molar-refractivity contribution >= 4 is 66.4 Å². The molecule has 0 atom stereocenters. The zero-order chi connectivity index (χ0) is 37.0. The summed E-state index contributed by atoms with van der Waals surface area (Å²) in [6, 6.07) is 64.6. The minimum absolute atomic E-state index is 0.675. The van der Waals surface area contributed by atoms with Gasteiger partial charge in [-0.3, -0.25) is 0 Å². The third-order valence-electron chi connectivity index (χ3n) is 11.4. The number of aryl methyl sites for hydroxylation is 2. The van der Waals surface area contributed by atoms with Crippen LogP contribution in [0.25, 0.3) is 32.3 Å². The van der Waals surface area contributed by atoms with Gasteiger partial charge in [0.1, 0.15) is 0 Å². The summed E-state index contributed by atoms with van der Waals surface area (Å²) in [4.78, 5) is 4.68. The summed E-state index contributed by atoms with van der Waals surface area (Å²) in [7, 11) is 0. The van der Waals surface area contributed by atoms with Gasteiger partial charge in [-0.05, 0) is 119 Å². The van der Waals surface area contributed by atoms with Crippen LogP contribution in [0, 0.1) is 0 Å². The Morgan fingerprint density at radius 1 is 0.339 bits per heavy atom. The fraction of sp³-hybridized carbons (Fsp3) is 0.0769. The lowest BCUT2D eigenvalue weighted by atomic mass is 9.86. The molecule has 1 aliphatic carbocycles. The molecule has 11 rings (SSSR count). The predicted molar refractivity (Wildman–Crippen MR) is 232 cm³/mol. The minimum atomic E-state index is 0.675. The molecule has 0 saturated heterocycles. The Morgan fingerprint density at radius 3 is 1.45 bits per heavy atom. The lowest BCUT2D eigenvalue weighted by Crippen LogP contribution is -2.13. The SMILES string of the molecule is c1ccc(N(c2ccc3c(c2)Oc2ccc(N(c4ccccc4)c4cc5ccccc5c5ccccc45)cc2O3)c2cc3c(c4ccccc24)CCCC3)cc1. The monoisotopic (exact) mass is 722 g/mol. The van der Waals surface area contributed by atoms with Gasteiger partial charge in [-0.15, -0.1) is 0 Å². The molecule has 2 aliphatic rings. The van der Waals surface area contributed by atoms with E-state index in [1.165, 1.54) is 62.0 Å². The zero-order valence-electron chi connectivity index (χ0n) is 30.9. The van der Waals surface area contributed by atoms with Gasteiger partial charge in [0.05, 0.1) is 22.7 Å². The maximum atomic E-state index is 6.72. The van der Waals surface area contributed by atoms with Gasteiger partial charge in [-0.25, -0.2) is 0 Å². The Bertz CT molecular complexity index is 2940. The largest absolute Gasteiger partial charge is 0.449 e. The second-order valence-electron chi connectivity index (χ2n) is 14.8. The molecule has 0 N–H and O–H groups in total. The molecule has 1 heterocycles. The number of benzene rings is 9. The standard InChI is InChI=1S/C52H38N2O2/c1-3-17-37(18-4-1)53(47-31-35-15-7-9-21-41(35)43-23-11-13-25-45(43)47)39-27-29-49-51(33-39)55-50-30-28-40(34-52(50)56-49)54(38-19-5-2-6-20-38)48-32-36-16-8-10-22-42(36)44-24-12-14-26-46(44)48/h1-7,9,11-15,17-21,23-34H,8,10,16,22H2. The number of ether oxygens (including phenoxy) is 2. The van der Waals surface area contributed by atoms with Crippen LogP contribution in [0.15, 0.2) is 182 Å². The summed E-state index contributed by atoms with van der Waals surface area (Å²) in [6.07, 6.45) is 4.71. The van der Waals surface area contributed by atoms with Gasteiger partial charge in [0, 0.05) is 34.3 Å². The van der Waals surface area contributed by atoms with Crippen molar-refractivity contribution in [3.63, 3.8) is 0 Å². The Morgan fingerprint density at radius 2 is 0.821 bits per heavy atom.